The summed E-state index contributed by atoms with van der Waals surface area (Å²) >= 11 is 3.56. The summed E-state index contributed by atoms with van der Waals surface area (Å²) in [5.74, 6) is 0.637. The smallest absolute Gasteiger partial charge is 0.225 e. The summed E-state index contributed by atoms with van der Waals surface area (Å²) in [6, 6.07) is 0. The Morgan fingerprint density at radius 1 is 1.57 bits per heavy atom. The third kappa shape index (κ3) is 1.97. The number of carbonyl (C=O) groups is 1. The molecule has 0 bridgehead atoms. The van der Waals surface area contributed by atoms with Crippen molar-refractivity contribution in [2.45, 2.75) is 32.6 Å². The third-order valence-corrected chi connectivity index (χ3v) is 4.75. The van der Waals surface area contributed by atoms with Crippen molar-refractivity contribution in [3.05, 3.63) is 0 Å². The van der Waals surface area contributed by atoms with Crippen molar-refractivity contribution >= 4 is 21.8 Å². The minimum atomic E-state index is 0.259. The van der Waals surface area contributed by atoms with Crippen molar-refractivity contribution in [1.82, 2.24) is 4.90 Å². The van der Waals surface area contributed by atoms with E-state index in [0.29, 0.717) is 11.3 Å². The highest BCUT2D eigenvalue weighted by molar-refractivity contribution is 9.09. The van der Waals surface area contributed by atoms with Gasteiger partial charge in [0.2, 0.25) is 5.91 Å². The fourth-order valence-electron chi connectivity index (χ4n) is 2.21. The first-order valence-electron chi connectivity index (χ1n) is 5.52. The topological polar surface area (TPSA) is 20.3 Å². The van der Waals surface area contributed by atoms with Crippen LogP contribution in [-0.2, 0) is 4.79 Å². The van der Waals surface area contributed by atoms with Crippen LogP contribution in [0.1, 0.15) is 32.6 Å². The number of halogens is 1. The lowest BCUT2D eigenvalue weighted by Crippen LogP contribution is -2.43. The van der Waals surface area contributed by atoms with Crippen LogP contribution >= 0.6 is 15.9 Å². The minimum Gasteiger partial charge on any atom is -0.342 e. The normalized spacial score (nSPS) is 30.6. The van der Waals surface area contributed by atoms with Crippen molar-refractivity contribution in [1.29, 1.82) is 0 Å². The second-order valence-corrected chi connectivity index (χ2v) is 5.50. The molecule has 0 spiro atoms. The SMILES string of the molecule is CC1CCCN(CC2(CBr)CC2)C1=O. The lowest BCUT2D eigenvalue weighted by atomic mass is 9.97. The van der Waals surface area contributed by atoms with E-state index < -0.39 is 0 Å². The molecule has 1 saturated heterocycles. The number of rotatable bonds is 3. The van der Waals surface area contributed by atoms with Gasteiger partial charge in [-0.15, -0.1) is 0 Å². The van der Waals surface area contributed by atoms with E-state index in [1.165, 1.54) is 19.3 Å². The van der Waals surface area contributed by atoms with Gasteiger partial charge < -0.3 is 4.90 Å². The summed E-state index contributed by atoms with van der Waals surface area (Å²) < 4.78 is 0. The molecule has 1 atom stereocenters. The molecule has 2 rings (SSSR count). The molecule has 80 valence electrons. The molecular formula is C11H18BrNO. The summed E-state index contributed by atoms with van der Waals surface area (Å²) in [5, 5.41) is 1.05. The molecule has 1 aliphatic carbocycles. The van der Waals surface area contributed by atoms with E-state index in [0.717, 1.165) is 24.8 Å². The Kier molecular flexibility index (Phi) is 2.87. The summed E-state index contributed by atoms with van der Waals surface area (Å²) in [5.41, 5.74) is 0.437. The maximum absolute atomic E-state index is 11.9. The molecule has 0 N–H and O–H groups in total. The Labute approximate surface area is 94.2 Å². The quantitative estimate of drug-likeness (QED) is 0.714. The van der Waals surface area contributed by atoms with Gasteiger partial charge in [0.15, 0.2) is 0 Å². The van der Waals surface area contributed by atoms with E-state index in [1.54, 1.807) is 0 Å². The van der Waals surface area contributed by atoms with Crippen molar-refractivity contribution in [2.24, 2.45) is 11.3 Å². The largest absolute Gasteiger partial charge is 0.342 e. The van der Waals surface area contributed by atoms with E-state index >= 15 is 0 Å². The zero-order valence-corrected chi connectivity index (χ0v) is 10.3. The first-order chi connectivity index (χ1) is 6.67. The lowest BCUT2D eigenvalue weighted by Gasteiger charge is -2.33. The molecule has 2 aliphatic rings. The number of nitrogens with zero attached hydrogens (tertiary/aromatic N) is 1. The second-order valence-electron chi connectivity index (χ2n) is 4.94. The molecule has 1 heterocycles. The molecule has 3 heteroatoms. The van der Waals surface area contributed by atoms with E-state index in [9.17, 15) is 4.79 Å². The summed E-state index contributed by atoms with van der Waals surface area (Å²) in [7, 11) is 0. The molecule has 1 amide bonds. The fraction of sp³-hybridized carbons (Fsp3) is 0.909. The highest BCUT2D eigenvalue weighted by atomic mass is 79.9. The van der Waals surface area contributed by atoms with Crippen LogP contribution in [0.2, 0.25) is 0 Å². The Morgan fingerprint density at radius 3 is 2.86 bits per heavy atom. The van der Waals surface area contributed by atoms with E-state index in [-0.39, 0.29) is 5.92 Å². The molecule has 0 aromatic heterocycles. The first-order valence-corrected chi connectivity index (χ1v) is 6.64. The van der Waals surface area contributed by atoms with Crippen LogP contribution in [-0.4, -0.2) is 29.2 Å². The van der Waals surface area contributed by atoms with Crippen LogP contribution in [0.25, 0.3) is 0 Å². The maximum atomic E-state index is 11.9. The number of hydrogen-bond acceptors (Lipinski definition) is 1. The molecule has 0 aromatic carbocycles. The first kappa shape index (κ1) is 10.5. The van der Waals surface area contributed by atoms with Gasteiger partial charge in [-0.3, -0.25) is 4.79 Å². The predicted molar refractivity (Wildman–Crippen MR) is 60.4 cm³/mol. The van der Waals surface area contributed by atoms with Crippen molar-refractivity contribution in [3.63, 3.8) is 0 Å². The number of piperidine rings is 1. The molecule has 14 heavy (non-hydrogen) atoms. The predicted octanol–water partition coefficient (Wildman–Crippen LogP) is 2.42. The van der Waals surface area contributed by atoms with Gasteiger partial charge in [0, 0.05) is 24.3 Å². The van der Waals surface area contributed by atoms with Gasteiger partial charge in [-0.05, 0) is 31.1 Å². The minimum absolute atomic E-state index is 0.259. The zero-order valence-electron chi connectivity index (χ0n) is 8.76. The number of likely N-dealkylation sites (tertiary alicyclic amines) is 1. The molecule has 1 unspecified atom stereocenters. The maximum Gasteiger partial charge on any atom is 0.225 e. The van der Waals surface area contributed by atoms with Crippen molar-refractivity contribution in [2.75, 3.05) is 18.4 Å². The van der Waals surface area contributed by atoms with Crippen molar-refractivity contribution in [3.8, 4) is 0 Å². The average Bonchev–Trinajstić information content (AvgIpc) is 2.94. The Hall–Kier alpha value is -0.0500. The highest BCUT2D eigenvalue weighted by Crippen LogP contribution is 2.48. The Morgan fingerprint density at radius 2 is 2.29 bits per heavy atom. The summed E-state index contributed by atoms with van der Waals surface area (Å²) in [4.78, 5) is 13.9. The Balaban J connectivity index is 1.93. The summed E-state index contributed by atoms with van der Waals surface area (Å²) in [6.45, 7) is 4.03. The number of alkyl halides is 1. The van der Waals surface area contributed by atoms with Gasteiger partial charge >= 0.3 is 0 Å². The monoisotopic (exact) mass is 259 g/mol. The van der Waals surface area contributed by atoms with Crippen LogP contribution in [0.5, 0.6) is 0 Å². The lowest BCUT2D eigenvalue weighted by molar-refractivity contribution is -0.138. The van der Waals surface area contributed by atoms with E-state index in [4.69, 9.17) is 0 Å². The van der Waals surface area contributed by atoms with Gasteiger partial charge in [-0.1, -0.05) is 22.9 Å². The zero-order chi connectivity index (χ0) is 10.2. The molecular weight excluding hydrogens is 242 g/mol. The number of carbonyl (C=O) groups excluding carboxylic acids is 1. The standard InChI is InChI=1S/C11H18BrNO/c1-9-3-2-6-13(10(9)14)8-11(7-12)4-5-11/h9H,2-8H2,1H3. The van der Waals surface area contributed by atoms with Gasteiger partial charge in [0.1, 0.15) is 0 Å². The van der Waals surface area contributed by atoms with Gasteiger partial charge in [-0.2, -0.15) is 0 Å². The number of hydrogen-bond donors (Lipinski definition) is 0. The number of amides is 1. The van der Waals surface area contributed by atoms with Gasteiger partial charge in [-0.25, -0.2) is 0 Å². The fourth-order valence-corrected chi connectivity index (χ4v) is 2.94. The summed E-state index contributed by atoms with van der Waals surface area (Å²) in [6.07, 6.45) is 4.84. The molecule has 0 aromatic rings. The van der Waals surface area contributed by atoms with Crippen LogP contribution in [0.4, 0.5) is 0 Å². The molecule has 2 fully saturated rings. The van der Waals surface area contributed by atoms with Crippen LogP contribution in [0.15, 0.2) is 0 Å². The molecule has 0 radical (unpaired) electrons. The Bertz CT molecular complexity index is 237. The highest BCUT2D eigenvalue weighted by Gasteiger charge is 2.44. The second kappa shape index (κ2) is 3.84. The molecule has 1 aliphatic heterocycles. The van der Waals surface area contributed by atoms with Gasteiger partial charge in [0.25, 0.3) is 0 Å². The average molecular weight is 260 g/mol. The van der Waals surface area contributed by atoms with Crippen LogP contribution < -0.4 is 0 Å². The third-order valence-electron chi connectivity index (χ3n) is 3.57. The molecule has 1 saturated carbocycles. The molecule has 2 nitrogen and oxygen atoms in total. The van der Waals surface area contributed by atoms with Crippen molar-refractivity contribution < 1.29 is 4.79 Å². The van der Waals surface area contributed by atoms with Gasteiger partial charge in [0.05, 0.1) is 0 Å². The van der Waals surface area contributed by atoms with E-state index in [2.05, 4.69) is 27.8 Å². The van der Waals surface area contributed by atoms with Crippen LogP contribution in [0, 0.1) is 11.3 Å². The van der Waals surface area contributed by atoms with Crippen LogP contribution in [0.3, 0.4) is 0 Å². The van der Waals surface area contributed by atoms with E-state index in [1.807, 2.05) is 0 Å².